The fourth-order valence-electron chi connectivity index (χ4n) is 2.30. The molecule has 106 valence electrons. The maximum atomic E-state index is 11.9. The molecule has 6 nitrogen and oxygen atoms in total. The van der Waals surface area contributed by atoms with Crippen LogP contribution in [0.15, 0.2) is 12.7 Å². The molecule has 0 aromatic rings. The van der Waals surface area contributed by atoms with Crippen LogP contribution >= 0.6 is 0 Å². The predicted molar refractivity (Wildman–Crippen MR) is 70.0 cm³/mol. The van der Waals surface area contributed by atoms with Gasteiger partial charge in [0.05, 0.1) is 23.3 Å². The van der Waals surface area contributed by atoms with E-state index in [9.17, 15) is 18.0 Å². The van der Waals surface area contributed by atoms with Gasteiger partial charge in [-0.05, 0) is 12.8 Å². The summed E-state index contributed by atoms with van der Waals surface area (Å²) in [6, 6.07) is -0.296. The van der Waals surface area contributed by atoms with Gasteiger partial charge in [-0.25, -0.2) is 8.42 Å². The molecular weight excluding hydrogens is 268 g/mol. The van der Waals surface area contributed by atoms with E-state index < -0.39 is 9.84 Å². The van der Waals surface area contributed by atoms with E-state index in [1.807, 2.05) is 0 Å². The lowest BCUT2D eigenvalue weighted by atomic mass is 10.2. The molecule has 2 fully saturated rings. The Labute approximate surface area is 112 Å². The number of amides is 2. The predicted octanol–water partition coefficient (Wildman–Crippen LogP) is -0.772. The largest absolute Gasteiger partial charge is 0.352 e. The third-order valence-electron chi connectivity index (χ3n) is 3.46. The Bertz CT molecular complexity index is 500. The van der Waals surface area contributed by atoms with E-state index in [-0.39, 0.29) is 41.2 Å². The summed E-state index contributed by atoms with van der Waals surface area (Å²) >= 11 is 0. The van der Waals surface area contributed by atoms with Crippen LogP contribution in [-0.2, 0) is 19.4 Å². The van der Waals surface area contributed by atoms with Gasteiger partial charge in [-0.15, -0.1) is 6.58 Å². The summed E-state index contributed by atoms with van der Waals surface area (Å²) in [6.45, 7) is 3.89. The van der Waals surface area contributed by atoms with E-state index in [0.717, 1.165) is 0 Å². The molecule has 2 amide bonds. The fraction of sp³-hybridized carbons (Fsp3) is 0.667. The first-order valence-corrected chi connectivity index (χ1v) is 8.14. The van der Waals surface area contributed by atoms with Gasteiger partial charge in [0.2, 0.25) is 11.8 Å². The molecule has 0 radical (unpaired) electrons. The number of carbonyl (C=O) groups is 2. The van der Waals surface area contributed by atoms with Crippen molar-refractivity contribution in [1.29, 1.82) is 0 Å². The Morgan fingerprint density at radius 2 is 1.95 bits per heavy atom. The Kier molecular flexibility index (Phi) is 3.93. The van der Waals surface area contributed by atoms with Gasteiger partial charge in [0.15, 0.2) is 9.84 Å². The summed E-state index contributed by atoms with van der Waals surface area (Å²) in [7, 11) is -2.99. The monoisotopic (exact) mass is 286 g/mol. The van der Waals surface area contributed by atoms with Gasteiger partial charge in [0.25, 0.3) is 0 Å². The fourth-order valence-corrected chi connectivity index (χ4v) is 3.97. The molecule has 1 saturated heterocycles. The summed E-state index contributed by atoms with van der Waals surface area (Å²) in [6.07, 6.45) is 2.58. The quantitative estimate of drug-likeness (QED) is 0.649. The molecule has 1 saturated carbocycles. The minimum Gasteiger partial charge on any atom is -0.352 e. The van der Waals surface area contributed by atoms with Crippen LogP contribution in [-0.4, -0.2) is 44.3 Å². The number of rotatable bonds is 5. The van der Waals surface area contributed by atoms with Crippen molar-refractivity contribution >= 4 is 21.7 Å². The van der Waals surface area contributed by atoms with Crippen LogP contribution in [0.4, 0.5) is 0 Å². The molecule has 1 aliphatic heterocycles. The highest BCUT2D eigenvalue weighted by Crippen LogP contribution is 2.39. The number of hydrogen-bond acceptors (Lipinski definition) is 4. The summed E-state index contributed by atoms with van der Waals surface area (Å²) in [5.41, 5.74) is 0. The standard InChI is InChI=1S/C12H18N2O4S/c1-2-4-13-11(15)9-6-10(9)12(16)14-8-3-5-19(17,18)7-8/h2,8-10H,1,3-7H2,(H,13,15)(H,14,16). The molecule has 2 N–H and O–H groups in total. The van der Waals surface area contributed by atoms with E-state index in [0.29, 0.717) is 19.4 Å². The van der Waals surface area contributed by atoms with Gasteiger partial charge >= 0.3 is 0 Å². The Morgan fingerprint density at radius 1 is 1.26 bits per heavy atom. The maximum absolute atomic E-state index is 11.9. The molecule has 1 aliphatic carbocycles. The van der Waals surface area contributed by atoms with Crippen molar-refractivity contribution in [3.8, 4) is 0 Å². The maximum Gasteiger partial charge on any atom is 0.224 e. The summed E-state index contributed by atoms with van der Waals surface area (Å²) < 4.78 is 22.5. The van der Waals surface area contributed by atoms with Gasteiger partial charge in [-0.3, -0.25) is 9.59 Å². The molecule has 2 rings (SSSR count). The van der Waals surface area contributed by atoms with Crippen LogP contribution in [0.3, 0.4) is 0 Å². The molecule has 0 aromatic heterocycles. The van der Waals surface area contributed by atoms with Gasteiger partial charge in [0.1, 0.15) is 0 Å². The van der Waals surface area contributed by atoms with E-state index in [1.165, 1.54) is 0 Å². The Hall–Kier alpha value is -1.37. The van der Waals surface area contributed by atoms with Crippen LogP contribution in [0.25, 0.3) is 0 Å². The van der Waals surface area contributed by atoms with E-state index in [1.54, 1.807) is 6.08 Å². The molecule has 2 aliphatic rings. The minimum absolute atomic E-state index is 0.0127. The lowest BCUT2D eigenvalue weighted by Crippen LogP contribution is -2.37. The zero-order valence-corrected chi connectivity index (χ0v) is 11.4. The summed E-state index contributed by atoms with van der Waals surface area (Å²) in [4.78, 5) is 23.4. The second-order valence-corrected chi connectivity index (χ2v) is 7.32. The number of carbonyl (C=O) groups excluding carboxylic acids is 2. The highest BCUT2D eigenvalue weighted by molar-refractivity contribution is 7.91. The average molecular weight is 286 g/mol. The Morgan fingerprint density at radius 3 is 2.53 bits per heavy atom. The van der Waals surface area contributed by atoms with Gasteiger partial charge in [-0.2, -0.15) is 0 Å². The molecule has 0 aromatic carbocycles. The van der Waals surface area contributed by atoms with Crippen LogP contribution in [0.2, 0.25) is 0 Å². The normalized spacial score (nSPS) is 31.5. The molecule has 7 heteroatoms. The molecule has 1 heterocycles. The molecule has 0 spiro atoms. The molecule has 3 atom stereocenters. The molecule has 3 unspecified atom stereocenters. The van der Waals surface area contributed by atoms with Gasteiger partial charge < -0.3 is 10.6 Å². The van der Waals surface area contributed by atoms with Crippen LogP contribution in [0, 0.1) is 11.8 Å². The van der Waals surface area contributed by atoms with Crippen LogP contribution < -0.4 is 10.6 Å². The van der Waals surface area contributed by atoms with E-state index >= 15 is 0 Å². The lowest BCUT2D eigenvalue weighted by molar-refractivity contribution is -0.127. The third-order valence-corrected chi connectivity index (χ3v) is 5.23. The van der Waals surface area contributed by atoms with Crippen molar-refractivity contribution in [1.82, 2.24) is 10.6 Å². The smallest absolute Gasteiger partial charge is 0.224 e. The van der Waals surface area contributed by atoms with Crippen molar-refractivity contribution in [2.45, 2.75) is 18.9 Å². The lowest BCUT2D eigenvalue weighted by Gasteiger charge is -2.10. The van der Waals surface area contributed by atoms with Gasteiger partial charge in [0, 0.05) is 12.6 Å². The average Bonchev–Trinajstić information content (AvgIpc) is 3.07. The molecule has 19 heavy (non-hydrogen) atoms. The summed E-state index contributed by atoms with van der Waals surface area (Å²) in [5.74, 6) is -0.795. The van der Waals surface area contributed by atoms with Gasteiger partial charge in [-0.1, -0.05) is 6.08 Å². The second kappa shape index (κ2) is 5.32. The van der Waals surface area contributed by atoms with Crippen LogP contribution in [0.1, 0.15) is 12.8 Å². The first-order valence-electron chi connectivity index (χ1n) is 6.32. The molecule has 0 bridgehead atoms. The van der Waals surface area contributed by atoms with Crippen molar-refractivity contribution in [3.05, 3.63) is 12.7 Å². The molecular formula is C12H18N2O4S. The first-order chi connectivity index (χ1) is 8.93. The van der Waals surface area contributed by atoms with Crippen molar-refractivity contribution in [2.75, 3.05) is 18.1 Å². The highest BCUT2D eigenvalue weighted by Gasteiger charge is 2.48. The van der Waals surface area contributed by atoms with Crippen molar-refractivity contribution in [3.63, 3.8) is 0 Å². The third kappa shape index (κ3) is 3.56. The zero-order valence-electron chi connectivity index (χ0n) is 10.6. The number of hydrogen-bond donors (Lipinski definition) is 2. The van der Waals surface area contributed by atoms with Crippen molar-refractivity contribution < 1.29 is 18.0 Å². The minimum atomic E-state index is -2.99. The van der Waals surface area contributed by atoms with E-state index in [4.69, 9.17) is 0 Å². The zero-order chi connectivity index (χ0) is 14.0. The summed E-state index contributed by atoms with van der Waals surface area (Å²) in [5, 5.41) is 5.37. The highest BCUT2D eigenvalue weighted by atomic mass is 32.2. The van der Waals surface area contributed by atoms with E-state index in [2.05, 4.69) is 17.2 Å². The number of sulfone groups is 1. The first kappa shape index (κ1) is 14.0. The second-order valence-electron chi connectivity index (χ2n) is 5.09. The number of nitrogens with one attached hydrogen (secondary N) is 2. The SMILES string of the molecule is C=CCNC(=O)C1CC1C(=O)NC1CCS(=O)(=O)C1. The van der Waals surface area contributed by atoms with Crippen molar-refractivity contribution in [2.24, 2.45) is 11.8 Å². The Balaban J connectivity index is 1.77. The topological polar surface area (TPSA) is 92.3 Å². The van der Waals surface area contributed by atoms with Crippen LogP contribution in [0.5, 0.6) is 0 Å².